The zero-order valence-electron chi connectivity index (χ0n) is 11.4. The number of aromatic amines is 1. The van der Waals surface area contributed by atoms with E-state index in [4.69, 9.17) is 9.26 Å². The van der Waals surface area contributed by atoms with Gasteiger partial charge in [-0.15, -0.1) is 0 Å². The molecule has 0 unspecified atom stereocenters. The number of nitrogens with one attached hydrogen (secondary N) is 1. The topological polar surface area (TPSA) is 81.0 Å². The van der Waals surface area contributed by atoms with Crippen LogP contribution in [0, 0.1) is 0 Å². The largest absolute Gasteiger partial charge is 0.493 e. The van der Waals surface area contributed by atoms with Crippen molar-refractivity contribution in [3.05, 3.63) is 52.9 Å². The van der Waals surface area contributed by atoms with Gasteiger partial charge in [-0.3, -0.25) is 4.79 Å². The van der Waals surface area contributed by atoms with Gasteiger partial charge in [0.15, 0.2) is 0 Å². The van der Waals surface area contributed by atoms with Crippen molar-refractivity contribution in [1.29, 1.82) is 0 Å². The first-order valence-electron chi connectivity index (χ1n) is 6.53. The van der Waals surface area contributed by atoms with E-state index in [1.807, 2.05) is 31.2 Å². The zero-order chi connectivity index (χ0) is 14.7. The standard InChI is InChI=1S/C15H13N3O3/c1-2-20-12-6-4-3-5-11(12)15-17-14(18-21-15)10-7-8-13(19)16-9-10/h3-9H,2H2,1H3,(H,16,19). The summed E-state index contributed by atoms with van der Waals surface area (Å²) in [5.74, 6) is 1.48. The number of para-hydroxylation sites is 1. The fraction of sp³-hybridized carbons (Fsp3) is 0.133. The van der Waals surface area contributed by atoms with Crippen LogP contribution in [0.15, 0.2) is 51.9 Å². The summed E-state index contributed by atoms with van der Waals surface area (Å²) in [5.41, 5.74) is 1.24. The third-order valence-corrected chi connectivity index (χ3v) is 2.89. The van der Waals surface area contributed by atoms with Crippen molar-refractivity contribution in [2.45, 2.75) is 6.92 Å². The number of H-pyrrole nitrogens is 1. The fourth-order valence-corrected chi connectivity index (χ4v) is 1.92. The predicted molar refractivity (Wildman–Crippen MR) is 77.0 cm³/mol. The number of rotatable bonds is 4. The van der Waals surface area contributed by atoms with Gasteiger partial charge in [0.2, 0.25) is 11.4 Å². The summed E-state index contributed by atoms with van der Waals surface area (Å²) >= 11 is 0. The van der Waals surface area contributed by atoms with E-state index in [0.29, 0.717) is 29.6 Å². The van der Waals surface area contributed by atoms with Crippen molar-refractivity contribution < 1.29 is 9.26 Å². The second-order valence-electron chi connectivity index (χ2n) is 4.29. The molecule has 0 saturated carbocycles. The Labute approximate surface area is 120 Å². The molecule has 106 valence electrons. The Morgan fingerprint density at radius 2 is 2.10 bits per heavy atom. The number of benzene rings is 1. The Morgan fingerprint density at radius 3 is 2.86 bits per heavy atom. The molecule has 0 bridgehead atoms. The maximum Gasteiger partial charge on any atom is 0.262 e. The van der Waals surface area contributed by atoms with Gasteiger partial charge in [0.25, 0.3) is 5.89 Å². The first kappa shape index (κ1) is 13.1. The third-order valence-electron chi connectivity index (χ3n) is 2.89. The zero-order valence-corrected chi connectivity index (χ0v) is 11.4. The predicted octanol–water partition coefficient (Wildman–Crippen LogP) is 2.49. The summed E-state index contributed by atoms with van der Waals surface area (Å²) in [4.78, 5) is 18.0. The molecule has 0 atom stereocenters. The molecule has 0 aliphatic heterocycles. The molecule has 0 saturated heterocycles. The minimum Gasteiger partial charge on any atom is -0.493 e. The molecule has 0 radical (unpaired) electrons. The minimum absolute atomic E-state index is 0.177. The Morgan fingerprint density at radius 1 is 1.24 bits per heavy atom. The fourth-order valence-electron chi connectivity index (χ4n) is 1.92. The summed E-state index contributed by atoms with van der Waals surface area (Å²) in [7, 11) is 0. The van der Waals surface area contributed by atoms with Gasteiger partial charge in [0, 0.05) is 17.8 Å². The van der Waals surface area contributed by atoms with E-state index in [0.717, 1.165) is 5.56 Å². The Balaban J connectivity index is 1.98. The van der Waals surface area contributed by atoms with E-state index in [1.165, 1.54) is 6.07 Å². The molecule has 6 nitrogen and oxygen atoms in total. The first-order valence-corrected chi connectivity index (χ1v) is 6.53. The number of hydrogen-bond acceptors (Lipinski definition) is 5. The van der Waals surface area contributed by atoms with Gasteiger partial charge >= 0.3 is 0 Å². The van der Waals surface area contributed by atoms with Crippen LogP contribution in [0.4, 0.5) is 0 Å². The molecule has 1 N–H and O–H groups in total. The van der Waals surface area contributed by atoms with Crippen LogP contribution in [0.1, 0.15) is 6.92 Å². The number of hydrogen-bond donors (Lipinski definition) is 1. The molecule has 2 heterocycles. The summed E-state index contributed by atoms with van der Waals surface area (Å²) in [6.07, 6.45) is 1.55. The SMILES string of the molecule is CCOc1ccccc1-c1nc(-c2ccc(=O)[nH]c2)no1. The highest BCUT2D eigenvalue weighted by Gasteiger charge is 2.14. The molecule has 3 aromatic rings. The average Bonchev–Trinajstić information content (AvgIpc) is 2.99. The number of ether oxygens (including phenoxy) is 1. The average molecular weight is 283 g/mol. The molecule has 0 fully saturated rings. The van der Waals surface area contributed by atoms with Crippen molar-refractivity contribution in [2.75, 3.05) is 6.61 Å². The lowest BCUT2D eigenvalue weighted by molar-refractivity contribution is 0.339. The van der Waals surface area contributed by atoms with E-state index in [-0.39, 0.29) is 5.56 Å². The number of pyridine rings is 1. The van der Waals surface area contributed by atoms with Crippen LogP contribution in [0.3, 0.4) is 0 Å². The van der Waals surface area contributed by atoms with Crippen LogP contribution in [0.5, 0.6) is 5.75 Å². The van der Waals surface area contributed by atoms with Crippen molar-refractivity contribution in [2.24, 2.45) is 0 Å². The summed E-state index contributed by atoms with van der Waals surface area (Å²) in [6, 6.07) is 10.5. The Bertz CT molecular complexity index is 787. The molecule has 0 aliphatic rings. The highest BCUT2D eigenvalue weighted by atomic mass is 16.5. The van der Waals surface area contributed by atoms with Crippen LogP contribution in [0.25, 0.3) is 22.8 Å². The van der Waals surface area contributed by atoms with E-state index >= 15 is 0 Å². The van der Waals surface area contributed by atoms with Crippen LogP contribution >= 0.6 is 0 Å². The van der Waals surface area contributed by atoms with E-state index < -0.39 is 0 Å². The Hall–Kier alpha value is -2.89. The minimum atomic E-state index is -0.177. The van der Waals surface area contributed by atoms with E-state index in [1.54, 1.807) is 12.3 Å². The molecule has 2 aromatic heterocycles. The molecule has 1 aromatic carbocycles. The Kier molecular flexibility index (Phi) is 3.51. The maximum atomic E-state index is 11.1. The van der Waals surface area contributed by atoms with E-state index in [2.05, 4.69) is 15.1 Å². The molecule has 0 aliphatic carbocycles. The highest BCUT2D eigenvalue weighted by molar-refractivity contribution is 5.64. The molecule has 6 heteroatoms. The number of aromatic nitrogens is 3. The molecule has 0 spiro atoms. The van der Waals surface area contributed by atoms with Crippen LogP contribution in [-0.2, 0) is 0 Å². The smallest absolute Gasteiger partial charge is 0.262 e. The summed E-state index contributed by atoms with van der Waals surface area (Å²) in [6.45, 7) is 2.47. The van der Waals surface area contributed by atoms with E-state index in [9.17, 15) is 4.79 Å². The normalized spacial score (nSPS) is 10.5. The second-order valence-corrected chi connectivity index (χ2v) is 4.29. The van der Waals surface area contributed by atoms with Gasteiger partial charge in [-0.2, -0.15) is 4.98 Å². The molecular formula is C15H13N3O3. The van der Waals surface area contributed by atoms with Crippen molar-refractivity contribution in [3.8, 4) is 28.6 Å². The monoisotopic (exact) mass is 283 g/mol. The van der Waals surface area contributed by atoms with Crippen LogP contribution < -0.4 is 10.3 Å². The van der Waals surface area contributed by atoms with Crippen LogP contribution in [0.2, 0.25) is 0 Å². The summed E-state index contributed by atoms with van der Waals surface area (Å²) < 4.78 is 10.8. The highest BCUT2D eigenvalue weighted by Crippen LogP contribution is 2.29. The van der Waals surface area contributed by atoms with Crippen molar-refractivity contribution >= 4 is 0 Å². The lowest BCUT2D eigenvalue weighted by Crippen LogP contribution is -2.01. The molecule has 21 heavy (non-hydrogen) atoms. The maximum absolute atomic E-state index is 11.1. The van der Waals surface area contributed by atoms with Gasteiger partial charge in [-0.25, -0.2) is 0 Å². The van der Waals surface area contributed by atoms with Gasteiger partial charge in [0.1, 0.15) is 5.75 Å². The van der Waals surface area contributed by atoms with Gasteiger partial charge in [0.05, 0.1) is 12.2 Å². The van der Waals surface area contributed by atoms with Gasteiger partial charge < -0.3 is 14.2 Å². The lowest BCUT2D eigenvalue weighted by atomic mass is 10.2. The second kappa shape index (κ2) is 5.62. The van der Waals surface area contributed by atoms with Gasteiger partial charge in [-0.05, 0) is 25.1 Å². The van der Waals surface area contributed by atoms with Crippen molar-refractivity contribution in [3.63, 3.8) is 0 Å². The van der Waals surface area contributed by atoms with Crippen molar-refractivity contribution in [1.82, 2.24) is 15.1 Å². The molecule has 3 rings (SSSR count). The third kappa shape index (κ3) is 2.69. The lowest BCUT2D eigenvalue weighted by Gasteiger charge is -2.05. The van der Waals surface area contributed by atoms with Gasteiger partial charge in [-0.1, -0.05) is 17.3 Å². The van der Waals surface area contributed by atoms with Crippen LogP contribution in [-0.4, -0.2) is 21.7 Å². The quantitative estimate of drug-likeness (QED) is 0.795. The first-order chi connectivity index (χ1) is 10.3. The molecule has 0 amide bonds. The number of nitrogens with zero attached hydrogens (tertiary/aromatic N) is 2. The summed E-state index contributed by atoms with van der Waals surface area (Å²) in [5, 5.41) is 3.93. The molecular weight excluding hydrogens is 270 g/mol.